The van der Waals surface area contributed by atoms with Gasteiger partial charge < -0.3 is 11.5 Å². The smallest absolute Gasteiger partial charge is 0.196 e. The molecule has 0 atom stereocenters. The zero-order valence-corrected chi connectivity index (χ0v) is 10.7. The fourth-order valence-corrected chi connectivity index (χ4v) is 1.67. The van der Waals surface area contributed by atoms with Crippen LogP contribution in [0.25, 0.3) is 0 Å². The fraction of sp³-hybridized carbons (Fsp3) is 0. The number of H-pyrrole nitrogens is 1. The molecule has 6 nitrogen and oxygen atoms in total. The van der Waals surface area contributed by atoms with Crippen LogP contribution in [-0.2, 0) is 0 Å². The number of hydrogen-bond donors (Lipinski definition) is 3. The highest BCUT2D eigenvalue weighted by Gasteiger charge is 2.18. The monoisotopic (exact) mass is 334 g/mol. The van der Waals surface area contributed by atoms with E-state index in [2.05, 4.69) is 36.4 Å². The molecule has 0 aliphatic carbocycles. The van der Waals surface area contributed by atoms with Crippen molar-refractivity contribution in [3.05, 3.63) is 28.0 Å². The Morgan fingerprint density at radius 2 is 1.74 bits per heavy atom. The first kappa shape index (κ1) is 13.3. The predicted molar refractivity (Wildman–Crippen MR) is 65.6 cm³/mol. The number of azo groups is 1. The lowest BCUT2D eigenvalue weighted by Gasteiger charge is -2.01. The maximum Gasteiger partial charge on any atom is 0.196 e. The molecule has 2 rings (SSSR count). The second-order valence-corrected chi connectivity index (χ2v) is 4.24. The summed E-state index contributed by atoms with van der Waals surface area (Å²) in [6.07, 6.45) is 0. The quantitative estimate of drug-likeness (QED) is 0.446. The molecule has 0 fully saturated rings. The van der Waals surface area contributed by atoms with Crippen molar-refractivity contribution < 1.29 is 13.2 Å². The summed E-state index contributed by atoms with van der Waals surface area (Å²) in [7, 11) is 0. The topological polar surface area (TPSA) is 105 Å². The van der Waals surface area contributed by atoms with Crippen molar-refractivity contribution >= 4 is 38.9 Å². The molecular formula is C9H6BrF3N6. The van der Waals surface area contributed by atoms with Crippen molar-refractivity contribution in [3.8, 4) is 0 Å². The van der Waals surface area contributed by atoms with E-state index in [-0.39, 0.29) is 21.8 Å². The van der Waals surface area contributed by atoms with Gasteiger partial charge in [-0.2, -0.15) is 5.10 Å². The van der Waals surface area contributed by atoms with E-state index in [0.29, 0.717) is 0 Å². The number of nitrogen functional groups attached to an aromatic ring is 2. The Morgan fingerprint density at radius 3 is 2.32 bits per heavy atom. The lowest BCUT2D eigenvalue weighted by atomic mass is 10.3. The van der Waals surface area contributed by atoms with Crippen molar-refractivity contribution in [2.45, 2.75) is 0 Å². The second kappa shape index (κ2) is 4.88. The van der Waals surface area contributed by atoms with E-state index in [1.807, 2.05) is 0 Å². The van der Waals surface area contributed by atoms with Crippen LogP contribution in [0.1, 0.15) is 0 Å². The number of rotatable bonds is 2. The van der Waals surface area contributed by atoms with Crippen molar-refractivity contribution in [1.82, 2.24) is 10.2 Å². The van der Waals surface area contributed by atoms with Gasteiger partial charge in [0.1, 0.15) is 11.5 Å². The van der Waals surface area contributed by atoms with Crippen LogP contribution in [0.5, 0.6) is 0 Å². The summed E-state index contributed by atoms with van der Waals surface area (Å²) < 4.78 is 39.3. The average Bonchev–Trinajstić information content (AvgIpc) is 2.67. The number of nitrogens with two attached hydrogens (primary N) is 2. The molecule has 0 amide bonds. The van der Waals surface area contributed by atoms with Gasteiger partial charge in [-0.3, -0.25) is 5.10 Å². The number of anilines is 2. The first-order chi connectivity index (χ1) is 8.91. The van der Waals surface area contributed by atoms with Crippen LogP contribution in [0.2, 0.25) is 0 Å². The molecule has 0 aliphatic rings. The Bertz CT molecular complexity index is 649. The molecule has 0 unspecified atom stereocenters. The largest absolute Gasteiger partial charge is 0.382 e. The van der Waals surface area contributed by atoms with Gasteiger partial charge in [-0.15, -0.1) is 10.2 Å². The van der Waals surface area contributed by atoms with Crippen LogP contribution in [0, 0.1) is 17.5 Å². The Kier molecular flexibility index (Phi) is 3.42. The Morgan fingerprint density at radius 1 is 1.11 bits per heavy atom. The van der Waals surface area contributed by atoms with Crippen molar-refractivity contribution in [1.29, 1.82) is 0 Å². The molecule has 1 aromatic heterocycles. The van der Waals surface area contributed by atoms with E-state index < -0.39 is 23.1 Å². The van der Waals surface area contributed by atoms with Gasteiger partial charge in [0.2, 0.25) is 0 Å². The molecule has 2 aromatic rings. The lowest BCUT2D eigenvalue weighted by Crippen LogP contribution is -1.91. The standard InChI is InChI=1S/C9H6BrF3N6/c10-2-1-3(11)4(12)5(13)6(2)16-17-7-8(14)18-19-9(7)15/h1H,(H5,14,15,18,19). The predicted octanol–water partition coefficient (Wildman–Crippen LogP) is 3.17. The highest BCUT2D eigenvalue weighted by Crippen LogP contribution is 2.34. The van der Waals surface area contributed by atoms with E-state index in [1.54, 1.807) is 0 Å². The summed E-state index contributed by atoms with van der Waals surface area (Å²) in [6.45, 7) is 0. The Labute approximate surface area is 112 Å². The van der Waals surface area contributed by atoms with Gasteiger partial charge in [0, 0.05) is 0 Å². The minimum atomic E-state index is -1.65. The first-order valence-electron chi connectivity index (χ1n) is 4.76. The molecular weight excluding hydrogens is 329 g/mol. The highest BCUT2D eigenvalue weighted by atomic mass is 79.9. The molecule has 0 saturated carbocycles. The third kappa shape index (κ3) is 2.38. The number of hydrogen-bond acceptors (Lipinski definition) is 5. The van der Waals surface area contributed by atoms with E-state index >= 15 is 0 Å². The fourth-order valence-electron chi connectivity index (χ4n) is 1.22. The maximum absolute atomic E-state index is 13.5. The molecule has 0 spiro atoms. The van der Waals surface area contributed by atoms with Crippen LogP contribution in [-0.4, -0.2) is 10.2 Å². The van der Waals surface area contributed by atoms with E-state index in [0.717, 1.165) is 6.07 Å². The number of aromatic nitrogens is 2. The van der Waals surface area contributed by atoms with Crippen LogP contribution < -0.4 is 11.5 Å². The Balaban J connectivity index is 2.48. The van der Waals surface area contributed by atoms with Crippen LogP contribution >= 0.6 is 15.9 Å². The molecule has 0 saturated heterocycles. The van der Waals surface area contributed by atoms with Gasteiger partial charge in [0.15, 0.2) is 29.0 Å². The van der Waals surface area contributed by atoms with Gasteiger partial charge in [-0.05, 0) is 22.0 Å². The number of benzene rings is 1. The number of nitrogens with one attached hydrogen (secondary N) is 1. The average molecular weight is 335 g/mol. The summed E-state index contributed by atoms with van der Waals surface area (Å²) in [6, 6.07) is 0.731. The SMILES string of the molecule is Nc1n[nH]c(N)c1N=Nc1c(Br)cc(F)c(F)c1F. The number of nitrogens with zero attached hydrogens (tertiary/aromatic N) is 3. The van der Waals surface area contributed by atoms with Crippen LogP contribution in [0.3, 0.4) is 0 Å². The van der Waals surface area contributed by atoms with Crippen LogP contribution in [0.15, 0.2) is 20.8 Å². The molecule has 5 N–H and O–H groups in total. The maximum atomic E-state index is 13.5. The van der Waals surface area contributed by atoms with Gasteiger partial charge in [-0.25, -0.2) is 13.2 Å². The second-order valence-electron chi connectivity index (χ2n) is 3.39. The van der Waals surface area contributed by atoms with Crippen molar-refractivity contribution in [3.63, 3.8) is 0 Å². The van der Waals surface area contributed by atoms with Crippen LogP contribution in [0.4, 0.5) is 36.2 Å². The molecule has 0 radical (unpaired) electrons. The molecule has 0 bridgehead atoms. The van der Waals surface area contributed by atoms with Crippen molar-refractivity contribution in [2.75, 3.05) is 11.5 Å². The molecule has 10 heteroatoms. The van der Waals surface area contributed by atoms with Gasteiger partial charge >= 0.3 is 0 Å². The van der Waals surface area contributed by atoms with E-state index in [1.165, 1.54) is 0 Å². The zero-order chi connectivity index (χ0) is 14.2. The van der Waals surface area contributed by atoms with Crippen molar-refractivity contribution in [2.24, 2.45) is 10.2 Å². The third-order valence-corrected chi connectivity index (χ3v) is 2.74. The minimum absolute atomic E-state index is 0.0142. The molecule has 1 heterocycles. The summed E-state index contributed by atoms with van der Waals surface area (Å²) in [5.74, 6) is -4.51. The molecule has 0 aliphatic heterocycles. The third-order valence-electron chi connectivity index (χ3n) is 2.13. The molecule has 19 heavy (non-hydrogen) atoms. The van der Waals surface area contributed by atoms with E-state index in [9.17, 15) is 13.2 Å². The summed E-state index contributed by atoms with van der Waals surface area (Å²) in [5.41, 5.74) is 10.3. The first-order valence-corrected chi connectivity index (χ1v) is 5.55. The molecule has 100 valence electrons. The Hall–Kier alpha value is -2.10. The van der Waals surface area contributed by atoms with Gasteiger partial charge in [-0.1, -0.05) is 0 Å². The molecule has 1 aromatic carbocycles. The van der Waals surface area contributed by atoms with Gasteiger partial charge in [0.05, 0.1) is 4.47 Å². The zero-order valence-electron chi connectivity index (χ0n) is 9.09. The summed E-state index contributed by atoms with van der Waals surface area (Å²) in [5, 5.41) is 12.9. The number of halogens is 4. The normalized spacial score (nSPS) is 11.4. The lowest BCUT2D eigenvalue weighted by molar-refractivity contribution is 0.447. The number of aromatic amines is 1. The summed E-state index contributed by atoms with van der Waals surface area (Å²) in [4.78, 5) is 0. The van der Waals surface area contributed by atoms with Gasteiger partial charge in [0.25, 0.3) is 0 Å². The summed E-state index contributed by atoms with van der Waals surface area (Å²) >= 11 is 2.85. The minimum Gasteiger partial charge on any atom is -0.382 e. The highest BCUT2D eigenvalue weighted by molar-refractivity contribution is 9.10. The van der Waals surface area contributed by atoms with E-state index in [4.69, 9.17) is 11.5 Å².